The van der Waals surface area contributed by atoms with E-state index < -0.39 is 77.9 Å². The number of alkyl halides is 17. The summed E-state index contributed by atoms with van der Waals surface area (Å²) in [5.74, 6) is -60.1. The highest BCUT2D eigenvalue weighted by Gasteiger charge is 2.95. The minimum atomic E-state index is -8.69. The van der Waals surface area contributed by atoms with Crippen LogP contribution in [0.1, 0.15) is 110 Å². The van der Waals surface area contributed by atoms with Gasteiger partial charge in [-0.2, -0.15) is 70.2 Å². The Morgan fingerprint density at radius 1 is 0.413 bits per heavy atom. The number of rotatable bonds is 24. The van der Waals surface area contributed by atoms with Gasteiger partial charge in [0, 0.05) is 6.42 Å². The number of thiol groups is 1. The van der Waals surface area contributed by atoms with Gasteiger partial charge < -0.3 is 0 Å². The summed E-state index contributed by atoms with van der Waals surface area (Å²) in [5.41, 5.74) is -5.52. The molecule has 1 atom stereocenters. The van der Waals surface area contributed by atoms with E-state index in [2.05, 4.69) is 6.92 Å². The fraction of sp³-hybridized carbons (Fsp3) is 0.963. The van der Waals surface area contributed by atoms with E-state index in [4.69, 9.17) is 0 Å². The fourth-order valence-corrected chi connectivity index (χ4v) is 4.50. The number of Topliss-reactive ketones (excluding diaryl/α,β-unsaturated/α-hetero) is 1. The van der Waals surface area contributed by atoms with Crippen molar-refractivity contribution in [2.45, 2.75) is 163 Å². The minimum Gasteiger partial charge on any atom is -0.296 e. The summed E-state index contributed by atoms with van der Waals surface area (Å²) in [6.45, 7) is 1.31. The summed E-state index contributed by atoms with van der Waals surface area (Å²) in [6, 6.07) is 0. The van der Waals surface area contributed by atoms with Crippen molar-refractivity contribution in [3.05, 3.63) is 0 Å². The Morgan fingerprint density at radius 3 is 0.935 bits per heavy atom. The molecule has 1 unspecified atom stereocenters. The SMILES string of the molecule is CCCCCCCCCCCCCCCCC(=O)C(C)(F)C(F)(F)C(F)(F)C(F)(F)C(F)(F)C(F)(F)C(F)(F)C(F)(F)C(F)(F)S. The Kier molecular flexibility index (Phi) is 15.6. The maximum atomic E-state index is 14.7. The quantitative estimate of drug-likeness (QED) is 0.0594. The van der Waals surface area contributed by atoms with Crippen LogP contribution >= 0.6 is 12.6 Å². The molecule has 0 radical (unpaired) electrons. The molecule has 0 aliphatic carbocycles. The van der Waals surface area contributed by atoms with Gasteiger partial charge in [-0.05, 0) is 13.3 Å². The lowest BCUT2D eigenvalue weighted by Crippen LogP contribution is -2.76. The zero-order valence-electron chi connectivity index (χ0n) is 24.9. The average molecular weight is 733 g/mol. The van der Waals surface area contributed by atoms with E-state index in [1.54, 1.807) is 0 Å². The van der Waals surface area contributed by atoms with E-state index in [-0.39, 0.29) is 6.42 Å². The first-order valence-electron chi connectivity index (χ1n) is 14.5. The van der Waals surface area contributed by atoms with Crippen LogP contribution in [0.25, 0.3) is 0 Å². The Labute approximate surface area is 260 Å². The molecule has 0 bridgehead atoms. The van der Waals surface area contributed by atoms with Crippen LogP contribution in [0.2, 0.25) is 0 Å². The maximum absolute atomic E-state index is 14.7. The molecule has 46 heavy (non-hydrogen) atoms. The van der Waals surface area contributed by atoms with Crippen molar-refractivity contribution in [1.29, 1.82) is 0 Å². The number of halogens is 17. The Hall–Kier alpha value is -1.17. The fourth-order valence-electron chi connectivity index (χ4n) is 4.36. The van der Waals surface area contributed by atoms with Crippen molar-refractivity contribution in [1.82, 2.24) is 0 Å². The standard InChI is InChI=1S/C27H37F17OS/c1-3-4-5-6-7-8-9-10-11-12-13-14-15-16-17-18(45)19(2,28)20(29,30)21(31,32)22(33,34)23(35,36)24(37,38)25(39,40)26(41,42)27(43,44)46/h46H,3-17H2,1-2H3. The molecule has 0 rings (SSSR count). The van der Waals surface area contributed by atoms with E-state index in [0.717, 1.165) is 51.4 Å². The van der Waals surface area contributed by atoms with E-state index in [0.29, 0.717) is 19.3 Å². The number of carbonyl (C=O) groups is 1. The first kappa shape index (κ1) is 44.8. The molecular formula is C27H37F17OS. The molecule has 0 N–H and O–H groups in total. The van der Waals surface area contributed by atoms with Crippen molar-refractivity contribution in [2.24, 2.45) is 0 Å². The molecule has 0 amide bonds. The molecule has 0 aromatic heterocycles. The lowest BCUT2D eigenvalue weighted by atomic mass is 9.82. The van der Waals surface area contributed by atoms with Crippen LogP contribution in [0.15, 0.2) is 0 Å². The lowest BCUT2D eigenvalue weighted by Gasteiger charge is -2.44. The summed E-state index contributed by atoms with van der Waals surface area (Å²) < 4.78 is 234. The molecule has 276 valence electrons. The second-order valence-corrected chi connectivity index (χ2v) is 11.9. The predicted molar refractivity (Wildman–Crippen MR) is 138 cm³/mol. The van der Waals surface area contributed by atoms with Crippen molar-refractivity contribution >= 4 is 18.4 Å². The number of hydrogen-bond donors (Lipinski definition) is 1. The van der Waals surface area contributed by atoms with E-state index in [9.17, 15) is 79.4 Å². The smallest absolute Gasteiger partial charge is 0.296 e. The van der Waals surface area contributed by atoms with Crippen LogP contribution in [0.4, 0.5) is 74.6 Å². The summed E-state index contributed by atoms with van der Waals surface area (Å²) in [7, 11) is 0. The minimum absolute atomic E-state index is 0.000731. The van der Waals surface area contributed by atoms with Crippen LogP contribution in [0.5, 0.6) is 0 Å². The third-order valence-corrected chi connectivity index (χ3v) is 7.90. The summed E-state index contributed by atoms with van der Waals surface area (Å²) in [6.07, 6.45) is 9.22. The van der Waals surface area contributed by atoms with E-state index >= 15 is 0 Å². The molecule has 0 saturated carbocycles. The molecule has 0 aliphatic rings. The highest BCUT2D eigenvalue weighted by Crippen LogP contribution is 2.65. The molecule has 19 heteroatoms. The van der Waals surface area contributed by atoms with Crippen molar-refractivity contribution in [2.75, 3.05) is 0 Å². The zero-order chi connectivity index (χ0) is 36.7. The number of carbonyl (C=O) groups excluding carboxylic acids is 1. The Bertz CT molecular complexity index is 945. The molecule has 0 aromatic carbocycles. The molecule has 0 heterocycles. The number of hydrogen-bond acceptors (Lipinski definition) is 2. The van der Waals surface area contributed by atoms with Crippen LogP contribution < -0.4 is 0 Å². The lowest BCUT2D eigenvalue weighted by molar-refractivity contribution is -0.452. The van der Waals surface area contributed by atoms with Gasteiger partial charge in [-0.15, -0.1) is 0 Å². The van der Waals surface area contributed by atoms with Crippen LogP contribution in [0.3, 0.4) is 0 Å². The molecule has 0 aromatic rings. The Morgan fingerprint density at radius 2 is 0.652 bits per heavy atom. The first-order chi connectivity index (χ1) is 20.5. The normalized spacial score (nSPS) is 16.1. The highest BCUT2D eigenvalue weighted by atomic mass is 32.1. The first-order valence-corrected chi connectivity index (χ1v) is 14.9. The highest BCUT2D eigenvalue weighted by molar-refractivity contribution is 7.81. The molecular weight excluding hydrogens is 695 g/mol. The van der Waals surface area contributed by atoms with Gasteiger partial charge in [0.1, 0.15) is 0 Å². The predicted octanol–water partition coefficient (Wildman–Crippen LogP) is 12.1. The molecule has 0 spiro atoms. The second-order valence-electron chi connectivity index (χ2n) is 11.3. The van der Waals surface area contributed by atoms with Gasteiger partial charge in [0.05, 0.1) is 0 Å². The summed E-state index contributed by atoms with van der Waals surface area (Å²) >= 11 is 1.49. The molecule has 1 nitrogen and oxygen atoms in total. The van der Waals surface area contributed by atoms with E-state index in [1.165, 1.54) is 19.0 Å². The third-order valence-electron chi connectivity index (χ3n) is 7.61. The van der Waals surface area contributed by atoms with Gasteiger partial charge in [0.25, 0.3) is 0 Å². The van der Waals surface area contributed by atoms with Gasteiger partial charge in [-0.3, -0.25) is 4.79 Å². The molecule has 0 aliphatic heterocycles. The largest absolute Gasteiger partial charge is 0.387 e. The number of ketones is 1. The van der Waals surface area contributed by atoms with Gasteiger partial charge in [-0.1, -0.05) is 103 Å². The number of unbranched alkanes of at least 4 members (excludes halogenated alkanes) is 13. The Balaban J connectivity index is 5.46. The van der Waals surface area contributed by atoms with Gasteiger partial charge in [0.2, 0.25) is 5.67 Å². The monoisotopic (exact) mass is 732 g/mol. The summed E-state index contributed by atoms with van der Waals surface area (Å²) in [5, 5.41) is -6.67. The van der Waals surface area contributed by atoms with Crippen molar-refractivity contribution in [3.63, 3.8) is 0 Å². The van der Waals surface area contributed by atoms with Crippen LogP contribution in [-0.4, -0.2) is 58.2 Å². The topological polar surface area (TPSA) is 17.1 Å². The van der Waals surface area contributed by atoms with Crippen LogP contribution in [-0.2, 0) is 4.79 Å². The zero-order valence-corrected chi connectivity index (χ0v) is 25.8. The van der Waals surface area contributed by atoms with Gasteiger partial charge in [0.15, 0.2) is 5.78 Å². The molecule has 0 fully saturated rings. The second kappa shape index (κ2) is 16.0. The van der Waals surface area contributed by atoms with Crippen molar-refractivity contribution in [3.8, 4) is 0 Å². The van der Waals surface area contributed by atoms with Gasteiger partial charge >= 0.3 is 46.7 Å². The average Bonchev–Trinajstić information content (AvgIpc) is 2.91. The van der Waals surface area contributed by atoms with E-state index in [1.807, 2.05) is 0 Å². The van der Waals surface area contributed by atoms with Crippen LogP contribution in [0, 0.1) is 0 Å². The maximum Gasteiger partial charge on any atom is 0.387 e. The van der Waals surface area contributed by atoms with Crippen molar-refractivity contribution < 1.29 is 79.4 Å². The van der Waals surface area contributed by atoms with Gasteiger partial charge in [-0.25, -0.2) is 4.39 Å². The molecule has 0 saturated heterocycles. The third kappa shape index (κ3) is 8.70. The summed E-state index contributed by atoms with van der Waals surface area (Å²) in [4.78, 5) is 12.0.